The van der Waals surface area contributed by atoms with Crippen molar-refractivity contribution in [3.63, 3.8) is 0 Å². The van der Waals surface area contributed by atoms with Gasteiger partial charge in [0.2, 0.25) is 5.91 Å². The summed E-state index contributed by atoms with van der Waals surface area (Å²) in [6.07, 6.45) is 0. The molecular weight excluding hydrogens is 446 g/mol. The van der Waals surface area contributed by atoms with Crippen molar-refractivity contribution in [2.45, 2.75) is 17.3 Å². The number of nitrogens with one attached hydrogen (secondary N) is 1. The van der Waals surface area contributed by atoms with E-state index in [9.17, 15) is 14.9 Å². The number of rotatable bonds is 6. The molecule has 0 spiro atoms. The van der Waals surface area contributed by atoms with Crippen molar-refractivity contribution in [1.29, 1.82) is 0 Å². The predicted molar refractivity (Wildman–Crippen MR) is 111 cm³/mol. The third-order valence-electron chi connectivity index (χ3n) is 3.93. The normalized spacial score (nSPS) is 11.8. The van der Waals surface area contributed by atoms with Crippen LogP contribution in [0, 0.1) is 10.1 Å². The summed E-state index contributed by atoms with van der Waals surface area (Å²) < 4.78 is 2.81. The highest BCUT2D eigenvalue weighted by Crippen LogP contribution is 2.27. The van der Waals surface area contributed by atoms with Gasteiger partial charge in [-0.3, -0.25) is 14.9 Å². The van der Waals surface area contributed by atoms with Gasteiger partial charge in [0, 0.05) is 34.9 Å². The minimum Gasteiger partial charge on any atom is -0.325 e. The fourth-order valence-electron chi connectivity index (χ4n) is 2.39. The number of hydrogen-bond donors (Lipinski definition) is 1. The fraction of sp³-hybridized carbons (Fsp3) is 0.167. The van der Waals surface area contributed by atoms with Crippen LogP contribution in [0.2, 0.25) is 0 Å². The molecule has 0 aliphatic carbocycles. The van der Waals surface area contributed by atoms with Gasteiger partial charge in [-0.05, 0) is 31.2 Å². The van der Waals surface area contributed by atoms with Crippen molar-refractivity contribution in [2.75, 3.05) is 5.32 Å². The molecule has 0 fully saturated rings. The van der Waals surface area contributed by atoms with Crippen molar-refractivity contribution in [3.05, 3.63) is 63.1 Å². The second-order valence-electron chi connectivity index (χ2n) is 5.93. The Morgan fingerprint density at radius 1 is 1.18 bits per heavy atom. The van der Waals surface area contributed by atoms with Gasteiger partial charge < -0.3 is 9.88 Å². The first kappa shape index (κ1) is 20.0. The van der Waals surface area contributed by atoms with Crippen LogP contribution >= 0.6 is 27.7 Å². The Morgan fingerprint density at radius 3 is 2.43 bits per heavy atom. The number of amides is 1. The zero-order valence-electron chi connectivity index (χ0n) is 15.0. The highest BCUT2D eigenvalue weighted by molar-refractivity contribution is 9.10. The smallest absolute Gasteiger partial charge is 0.269 e. The minimum absolute atomic E-state index is 0.0278. The Bertz CT molecular complexity index is 1010. The summed E-state index contributed by atoms with van der Waals surface area (Å²) in [7, 11) is 1.85. The minimum atomic E-state index is -0.485. The summed E-state index contributed by atoms with van der Waals surface area (Å²) in [6, 6.07) is 13.4. The first-order valence-electron chi connectivity index (χ1n) is 8.22. The Balaban J connectivity index is 1.67. The molecule has 1 amide bonds. The molecule has 2 aromatic carbocycles. The topological polar surface area (TPSA) is 103 Å². The van der Waals surface area contributed by atoms with Gasteiger partial charge in [0.15, 0.2) is 11.0 Å². The number of thioether (sulfide) groups is 1. The number of aromatic nitrogens is 3. The van der Waals surface area contributed by atoms with Gasteiger partial charge in [-0.15, -0.1) is 10.2 Å². The number of anilines is 1. The predicted octanol–water partition coefficient (Wildman–Crippen LogP) is 4.27. The standard InChI is InChI=1S/C18H16BrN5O3S/c1-11(17(25)20-14-7-9-15(10-8-14)24(26)27)28-18-22-21-16(23(18)2)12-3-5-13(19)6-4-12/h3-11H,1-2H3,(H,20,25)/t11-/m0/s1. The molecule has 1 N–H and O–H groups in total. The van der Waals surface area contributed by atoms with E-state index < -0.39 is 10.2 Å². The lowest BCUT2D eigenvalue weighted by Crippen LogP contribution is -2.22. The maximum Gasteiger partial charge on any atom is 0.269 e. The van der Waals surface area contributed by atoms with E-state index >= 15 is 0 Å². The van der Waals surface area contributed by atoms with Crippen molar-refractivity contribution >= 4 is 45.0 Å². The zero-order valence-corrected chi connectivity index (χ0v) is 17.4. The van der Waals surface area contributed by atoms with Crippen LogP contribution in [-0.2, 0) is 11.8 Å². The SMILES string of the molecule is C[C@H](Sc1nnc(-c2ccc(Br)cc2)n1C)C(=O)Nc1ccc([N+](=O)[O-])cc1. The molecule has 1 aromatic heterocycles. The number of nitro benzene ring substituents is 1. The molecule has 0 bridgehead atoms. The van der Waals surface area contributed by atoms with Crippen LogP contribution in [0.15, 0.2) is 58.2 Å². The lowest BCUT2D eigenvalue weighted by molar-refractivity contribution is -0.384. The summed E-state index contributed by atoms with van der Waals surface area (Å²) >= 11 is 4.69. The van der Waals surface area contributed by atoms with E-state index in [-0.39, 0.29) is 11.6 Å². The van der Waals surface area contributed by atoms with Gasteiger partial charge in [-0.1, -0.05) is 39.8 Å². The molecule has 1 atom stereocenters. The molecule has 28 heavy (non-hydrogen) atoms. The molecule has 0 aliphatic rings. The van der Waals surface area contributed by atoms with Crippen LogP contribution in [0.25, 0.3) is 11.4 Å². The van der Waals surface area contributed by atoms with E-state index in [0.717, 1.165) is 10.0 Å². The number of nitro groups is 1. The Kier molecular flexibility index (Phi) is 6.10. The third kappa shape index (κ3) is 4.57. The molecule has 0 aliphatic heterocycles. The molecule has 10 heteroatoms. The lowest BCUT2D eigenvalue weighted by atomic mass is 10.2. The van der Waals surface area contributed by atoms with Crippen molar-refractivity contribution < 1.29 is 9.72 Å². The number of carbonyl (C=O) groups excluding carboxylic acids is 1. The zero-order chi connectivity index (χ0) is 20.3. The Morgan fingerprint density at radius 2 is 1.82 bits per heavy atom. The molecule has 144 valence electrons. The maximum absolute atomic E-state index is 12.4. The number of hydrogen-bond acceptors (Lipinski definition) is 6. The van der Waals surface area contributed by atoms with E-state index in [1.54, 1.807) is 6.92 Å². The van der Waals surface area contributed by atoms with Gasteiger partial charge >= 0.3 is 0 Å². The molecule has 0 radical (unpaired) electrons. The highest BCUT2D eigenvalue weighted by atomic mass is 79.9. The molecule has 3 aromatic rings. The van der Waals surface area contributed by atoms with Crippen LogP contribution in [-0.4, -0.2) is 30.8 Å². The molecular formula is C18H16BrN5O3S. The van der Waals surface area contributed by atoms with Crippen LogP contribution in [0.5, 0.6) is 0 Å². The van der Waals surface area contributed by atoms with E-state index in [1.165, 1.54) is 36.0 Å². The second-order valence-corrected chi connectivity index (χ2v) is 8.15. The van der Waals surface area contributed by atoms with Gasteiger partial charge in [0.1, 0.15) is 0 Å². The molecule has 0 saturated heterocycles. The monoisotopic (exact) mass is 461 g/mol. The number of benzene rings is 2. The van der Waals surface area contributed by atoms with E-state index in [0.29, 0.717) is 16.7 Å². The Labute approximate surface area is 173 Å². The largest absolute Gasteiger partial charge is 0.325 e. The third-order valence-corrected chi connectivity index (χ3v) is 5.60. The molecule has 8 nitrogen and oxygen atoms in total. The number of nitrogens with zero attached hydrogens (tertiary/aromatic N) is 4. The molecule has 1 heterocycles. The first-order chi connectivity index (χ1) is 13.3. The van der Waals surface area contributed by atoms with E-state index in [4.69, 9.17) is 0 Å². The molecule has 0 saturated carbocycles. The van der Waals surface area contributed by atoms with Crippen LogP contribution in [0.3, 0.4) is 0 Å². The highest BCUT2D eigenvalue weighted by Gasteiger charge is 2.20. The summed E-state index contributed by atoms with van der Waals surface area (Å²) in [5, 5.41) is 22.0. The Hall–Kier alpha value is -2.72. The van der Waals surface area contributed by atoms with Gasteiger partial charge in [0.25, 0.3) is 5.69 Å². The van der Waals surface area contributed by atoms with Gasteiger partial charge in [-0.25, -0.2) is 0 Å². The van der Waals surface area contributed by atoms with Gasteiger partial charge in [-0.2, -0.15) is 0 Å². The van der Waals surface area contributed by atoms with E-state index in [2.05, 4.69) is 31.4 Å². The quantitative estimate of drug-likeness (QED) is 0.333. The average Bonchev–Trinajstić information content (AvgIpc) is 3.03. The fourth-order valence-corrected chi connectivity index (χ4v) is 3.47. The van der Waals surface area contributed by atoms with Crippen LogP contribution in [0.1, 0.15) is 6.92 Å². The summed E-state index contributed by atoms with van der Waals surface area (Å²) in [4.78, 5) is 22.6. The van der Waals surface area contributed by atoms with Crippen LogP contribution < -0.4 is 5.32 Å². The van der Waals surface area contributed by atoms with Crippen molar-refractivity contribution in [1.82, 2.24) is 14.8 Å². The summed E-state index contributed by atoms with van der Waals surface area (Å²) in [6.45, 7) is 1.76. The number of carbonyl (C=O) groups is 1. The second kappa shape index (κ2) is 8.53. The van der Waals surface area contributed by atoms with Crippen LogP contribution in [0.4, 0.5) is 11.4 Å². The average molecular weight is 462 g/mol. The summed E-state index contributed by atoms with van der Waals surface area (Å²) in [5.41, 5.74) is 1.39. The van der Waals surface area contributed by atoms with Crippen molar-refractivity contribution in [2.24, 2.45) is 7.05 Å². The maximum atomic E-state index is 12.4. The summed E-state index contributed by atoms with van der Waals surface area (Å²) in [5.74, 6) is 0.477. The lowest BCUT2D eigenvalue weighted by Gasteiger charge is -2.11. The first-order valence-corrected chi connectivity index (χ1v) is 9.89. The number of halogens is 1. The molecule has 3 rings (SSSR count). The van der Waals surface area contributed by atoms with Crippen molar-refractivity contribution in [3.8, 4) is 11.4 Å². The van der Waals surface area contributed by atoms with Gasteiger partial charge in [0.05, 0.1) is 10.2 Å². The number of non-ortho nitro benzene ring substituents is 1. The van der Waals surface area contributed by atoms with E-state index in [1.807, 2.05) is 35.9 Å². The molecule has 0 unspecified atom stereocenters.